The lowest BCUT2D eigenvalue weighted by Gasteiger charge is -2.21. The molecule has 0 unspecified atom stereocenters. The Morgan fingerprint density at radius 3 is 2.78 bits per heavy atom. The number of nitrogens with zero attached hydrogens (tertiary/aromatic N) is 4. The monoisotopic (exact) mass is 320 g/mol. The second-order valence-corrected chi connectivity index (χ2v) is 6.35. The van der Waals surface area contributed by atoms with Crippen molar-refractivity contribution in [1.82, 2.24) is 10.2 Å². The standard InChI is InChI=1S/C18H16N4S/c1-22(11-12-8-9-19-20-10-12)16-7-6-15-17-13(16)4-3-5-14(17)18(21-15)23-2/h3-10H,11H2,1-2H3. The highest BCUT2D eigenvalue weighted by Crippen LogP contribution is 2.41. The molecule has 114 valence electrons. The third-order valence-corrected chi connectivity index (χ3v) is 4.82. The molecule has 2 aromatic carbocycles. The Labute approximate surface area is 139 Å². The lowest BCUT2D eigenvalue weighted by molar-refractivity contribution is 0.898. The fourth-order valence-electron chi connectivity index (χ4n) is 3.07. The van der Waals surface area contributed by atoms with E-state index >= 15 is 0 Å². The molecule has 1 aliphatic heterocycles. The van der Waals surface area contributed by atoms with Crippen LogP contribution < -0.4 is 4.90 Å². The van der Waals surface area contributed by atoms with E-state index in [1.807, 2.05) is 12.3 Å². The minimum absolute atomic E-state index is 0.796. The van der Waals surface area contributed by atoms with E-state index in [0.29, 0.717) is 0 Å². The van der Waals surface area contributed by atoms with Gasteiger partial charge in [-0.05, 0) is 30.0 Å². The summed E-state index contributed by atoms with van der Waals surface area (Å²) >= 11 is 1.70. The quantitative estimate of drug-likeness (QED) is 0.731. The summed E-state index contributed by atoms with van der Waals surface area (Å²) in [4.78, 5) is 6.99. The molecule has 0 spiro atoms. The molecular formula is C18H16N4S. The Bertz CT molecular complexity index is 906. The minimum Gasteiger partial charge on any atom is -0.370 e. The molecule has 2 heterocycles. The van der Waals surface area contributed by atoms with Gasteiger partial charge in [0.25, 0.3) is 0 Å². The summed E-state index contributed by atoms with van der Waals surface area (Å²) in [7, 11) is 2.11. The molecule has 0 fully saturated rings. The van der Waals surface area contributed by atoms with Crippen LogP contribution in [0.15, 0.2) is 53.8 Å². The van der Waals surface area contributed by atoms with Gasteiger partial charge in [-0.3, -0.25) is 0 Å². The van der Waals surface area contributed by atoms with E-state index in [2.05, 4.69) is 58.7 Å². The number of rotatable bonds is 3. The Morgan fingerprint density at radius 2 is 2.00 bits per heavy atom. The second kappa shape index (κ2) is 5.66. The number of hydrogen-bond donors (Lipinski definition) is 0. The molecule has 0 radical (unpaired) electrons. The minimum atomic E-state index is 0.796. The van der Waals surface area contributed by atoms with E-state index in [0.717, 1.165) is 22.8 Å². The molecule has 1 aromatic heterocycles. The van der Waals surface area contributed by atoms with Crippen molar-refractivity contribution in [1.29, 1.82) is 0 Å². The molecule has 23 heavy (non-hydrogen) atoms. The van der Waals surface area contributed by atoms with Gasteiger partial charge in [0.1, 0.15) is 5.04 Å². The van der Waals surface area contributed by atoms with Crippen LogP contribution in [0.1, 0.15) is 11.1 Å². The maximum absolute atomic E-state index is 4.74. The zero-order chi connectivity index (χ0) is 15.8. The first-order valence-corrected chi connectivity index (χ1v) is 8.66. The molecule has 0 bridgehead atoms. The average molecular weight is 320 g/mol. The SMILES string of the molecule is CSC1=Nc2ccc(N(C)Cc3ccnnc3)c3cccc1c23. The Morgan fingerprint density at radius 1 is 1.09 bits per heavy atom. The van der Waals surface area contributed by atoms with E-state index in [9.17, 15) is 0 Å². The molecule has 0 atom stereocenters. The molecule has 0 saturated carbocycles. The van der Waals surface area contributed by atoms with Crippen LogP contribution in [0, 0.1) is 0 Å². The molecule has 0 saturated heterocycles. The fraction of sp³-hybridized carbons (Fsp3) is 0.167. The van der Waals surface area contributed by atoms with Gasteiger partial charge in [-0.15, -0.1) is 11.8 Å². The maximum Gasteiger partial charge on any atom is 0.104 e. The molecule has 3 aromatic rings. The predicted molar refractivity (Wildman–Crippen MR) is 97.8 cm³/mol. The molecule has 0 aliphatic carbocycles. The van der Waals surface area contributed by atoms with Crippen molar-refractivity contribution in [3.05, 3.63) is 59.9 Å². The Kier molecular flexibility index (Phi) is 3.50. The highest BCUT2D eigenvalue weighted by atomic mass is 32.2. The van der Waals surface area contributed by atoms with Crippen LogP contribution in [-0.2, 0) is 6.54 Å². The summed E-state index contributed by atoms with van der Waals surface area (Å²) < 4.78 is 0. The van der Waals surface area contributed by atoms with Crippen LogP contribution in [0.5, 0.6) is 0 Å². The number of aliphatic imine (C=N–C) groups is 1. The first-order chi connectivity index (χ1) is 11.3. The fourth-order valence-corrected chi connectivity index (χ4v) is 3.65. The molecule has 0 amide bonds. The molecule has 0 N–H and O–H groups in total. The van der Waals surface area contributed by atoms with Crippen molar-refractivity contribution in [2.45, 2.75) is 6.54 Å². The van der Waals surface area contributed by atoms with Crippen LogP contribution in [0.2, 0.25) is 0 Å². The van der Waals surface area contributed by atoms with Gasteiger partial charge in [0, 0.05) is 41.8 Å². The van der Waals surface area contributed by atoms with Crippen LogP contribution in [0.3, 0.4) is 0 Å². The van der Waals surface area contributed by atoms with E-state index in [-0.39, 0.29) is 0 Å². The molecule has 4 nitrogen and oxygen atoms in total. The van der Waals surface area contributed by atoms with Gasteiger partial charge in [-0.1, -0.05) is 18.2 Å². The van der Waals surface area contributed by atoms with E-state index in [4.69, 9.17) is 4.99 Å². The highest BCUT2D eigenvalue weighted by molar-refractivity contribution is 8.13. The topological polar surface area (TPSA) is 41.4 Å². The van der Waals surface area contributed by atoms with Crippen molar-refractivity contribution < 1.29 is 0 Å². The van der Waals surface area contributed by atoms with E-state index in [1.54, 1.807) is 18.0 Å². The highest BCUT2D eigenvalue weighted by Gasteiger charge is 2.20. The van der Waals surface area contributed by atoms with Crippen LogP contribution in [0.4, 0.5) is 11.4 Å². The number of benzene rings is 2. The van der Waals surface area contributed by atoms with Crippen molar-refractivity contribution in [2.24, 2.45) is 4.99 Å². The normalized spacial score (nSPS) is 12.5. The van der Waals surface area contributed by atoms with Crippen molar-refractivity contribution in [2.75, 3.05) is 18.2 Å². The van der Waals surface area contributed by atoms with Crippen LogP contribution >= 0.6 is 11.8 Å². The molecular weight excluding hydrogens is 304 g/mol. The summed E-state index contributed by atoms with van der Waals surface area (Å²) in [6.07, 6.45) is 5.62. The Balaban J connectivity index is 1.79. The predicted octanol–water partition coefficient (Wildman–Crippen LogP) is 4.02. The maximum atomic E-state index is 4.74. The summed E-state index contributed by atoms with van der Waals surface area (Å²) in [5.74, 6) is 0. The second-order valence-electron chi connectivity index (χ2n) is 5.56. The molecule has 4 rings (SSSR count). The van der Waals surface area contributed by atoms with Gasteiger partial charge < -0.3 is 4.90 Å². The zero-order valence-electron chi connectivity index (χ0n) is 13.0. The number of aromatic nitrogens is 2. The van der Waals surface area contributed by atoms with Crippen molar-refractivity contribution in [3.8, 4) is 0 Å². The van der Waals surface area contributed by atoms with Crippen LogP contribution in [0.25, 0.3) is 10.8 Å². The summed E-state index contributed by atoms with van der Waals surface area (Å²) in [6.45, 7) is 0.796. The molecule has 5 heteroatoms. The lowest BCUT2D eigenvalue weighted by atomic mass is 10.0. The van der Waals surface area contributed by atoms with Gasteiger partial charge in [-0.2, -0.15) is 10.2 Å². The third kappa shape index (κ3) is 2.37. The average Bonchev–Trinajstić information content (AvgIpc) is 2.96. The first-order valence-electron chi connectivity index (χ1n) is 7.43. The van der Waals surface area contributed by atoms with Gasteiger partial charge in [0.15, 0.2) is 0 Å². The van der Waals surface area contributed by atoms with Crippen molar-refractivity contribution >= 4 is 39.0 Å². The van der Waals surface area contributed by atoms with E-state index in [1.165, 1.54) is 22.0 Å². The van der Waals surface area contributed by atoms with E-state index < -0.39 is 0 Å². The summed E-state index contributed by atoms with van der Waals surface area (Å²) in [5, 5.41) is 11.4. The first kappa shape index (κ1) is 14.2. The number of hydrogen-bond acceptors (Lipinski definition) is 5. The summed E-state index contributed by atoms with van der Waals surface area (Å²) in [5.41, 5.74) is 4.67. The van der Waals surface area contributed by atoms with Gasteiger partial charge in [0.05, 0.1) is 11.9 Å². The van der Waals surface area contributed by atoms with Gasteiger partial charge >= 0.3 is 0 Å². The largest absolute Gasteiger partial charge is 0.370 e. The van der Waals surface area contributed by atoms with Crippen molar-refractivity contribution in [3.63, 3.8) is 0 Å². The number of anilines is 1. The van der Waals surface area contributed by atoms with Crippen LogP contribution in [-0.4, -0.2) is 28.5 Å². The smallest absolute Gasteiger partial charge is 0.104 e. The zero-order valence-corrected chi connectivity index (χ0v) is 13.8. The lowest BCUT2D eigenvalue weighted by Crippen LogP contribution is -2.16. The van der Waals surface area contributed by atoms with Gasteiger partial charge in [-0.25, -0.2) is 4.99 Å². The van der Waals surface area contributed by atoms with Gasteiger partial charge in [0.2, 0.25) is 0 Å². The third-order valence-electron chi connectivity index (χ3n) is 4.12. The summed E-state index contributed by atoms with van der Waals surface area (Å²) in [6, 6.07) is 12.7. The number of thioether (sulfide) groups is 1. The molecule has 1 aliphatic rings. The Hall–Kier alpha value is -2.40.